The summed E-state index contributed by atoms with van der Waals surface area (Å²) in [4.78, 5) is 2.44. The van der Waals surface area contributed by atoms with Gasteiger partial charge in [0.25, 0.3) is 0 Å². The molecule has 0 saturated carbocycles. The number of likely N-dealkylation sites (tertiary alicyclic amines) is 1. The Morgan fingerprint density at radius 3 is 2.38 bits per heavy atom. The first kappa shape index (κ1) is 15.4. The number of methoxy groups -OCH3 is 1. The lowest BCUT2D eigenvalue weighted by molar-refractivity contribution is 0.0440. The number of hydrogen-bond acceptors (Lipinski definition) is 2. The van der Waals surface area contributed by atoms with Gasteiger partial charge in [-0.25, -0.2) is 0 Å². The van der Waals surface area contributed by atoms with Crippen molar-refractivity contribution in [3.8, 4) is 0 Å². The van der Waals surface area contributed by atoms with Gasteiger partial charge in [0.2, 0.25) is 0 Å². The fourth-order valence-corrected chi connectivity index (χ4v) is 1.88. The molecule has 16 heavy (non-hydrogen) atoms. The number of piperidine rings is 1. The van der Waals surface area contributed by atoms with Crippen molar-refractivity contribution in [3.05, 3.63) is 24.3 Å². The monoisotopic (exact) mass is 225 g/mol. The molecule has 1 rings (SSSR count). The molecule has 1 aliphatic heterocycles. The molecule has 1 saturated heterocycles. The maximum absolute atomic E-state index is 5.33. The highest BCUT2D eigenvalue weighted by Crippen LogP contribution is 2.13. The van der Waals surface area contributed by atoms with E-state index in [1.165, 1.54) is 5.57 Å². The highest BCUT2D eigenvalue weighted by molar-refractivity contribution is 5.15. The van der Waals surface area contributed by atoms with Gasteiger partial charge in [0.1, 0.15) is 0 Å². The van der Waals surface area contributed by atoms with Crippen LogP contribution in [0.2, 0.25) is 0 Å². The number of allylic oxidation sites excluding steroid dienone is 1. The summed E-state index contributed by atoms with van der Waals surface area (Å²) in [7, 11) is 1.80. The summed E-state index contributed by atoms with van der Waals surface area (Å²) in [5, 5.41) is 0. The van der Waals surface area contributed by atoms with E-state index in [1.807, 2.05) is 26.8 Å². The smallest absolute Gasteiger partial charge is 0.0595 e. The van der Waals surface area contributed by atoms with Gasteiger partial charge in [-0.05, 0) is 25.3 Å². The average Bonchev–Trinajstić information content (AvgIpc) is 2.33. The normalized spacial score (nSPS) is 18.2. The molecule has 0 spiro atoms. The average molecular weight is 225 g/mol. The predicted octanol–water partition coefficient (Wildman–Crippen LogP) is 3.26. The summed E-state index contributed by atoms with van der Waals surface area (Å²) < 4.78 is 5.33. The Bertz CT molecular complexity index is 203. The molecule has 0 unspecified atom stereocenters. The van der Waals surface area contributed by atoms with Gasteiger partial charge in [-0.1, -0.05) is 32.6 Å². The quantitative estimate of drug-likeness (QED) is 0.681. The topological polar surface area (TPSA) is 12.5 Å². The maximum Gasteiger partial charge on any atom is 0.0595 e. The third-order valence-corrected chi connectivity index (χ3v) is 2.70. The zero-order chi connectivity index (χ0) is 12.4. The third-order valence-electron chi connectivity index (χ3n) is 2.70. The van der Waals surface area contributed by atoms with E-state index < -0.39 is 0 Å². The second kappa shape index (κ2) is 9.61. The lowest BCUT2D eigenvalue weighted by Gasteiger charge is -2.31. The Labute approximate surface area is 101 Å². The van der Waals surface area contributed by atoms with E-state index in [0.29, 0.717) is 6.10 Å². The minimum Gasteiger partial charge on any atom is -0.381 e. The summed E-state index contributed by atoms with van der Waals surface area (Å²) in [5.74, 6) is 0. The summed E-state index contributed by atoms with van der Waals surface area (Å²) in [6.45, 7) is 13.3. The Balaban J connectivity index is 0.00000106. The number of nitrogens with zero attached hydrogens (tertiary/aromatic N) is 1. The van der Waals surface area contributed by atoms with Gasteiger partial charge >= 0.3 is 0 Å². The van der Waals surface area contributed by atoms with E-state index in [4.69, 9.17) is 4.74 Å². The van der Waals surface area contributed by atoms with Crippen LogP contribution in [0.25, 0.3) is 0 Å². The van der Waals surface area contributed by atoms with Crippen molar-refractivity contribution in [1.82, 2.24) is 4.90 Å². The van der Waals surface area contributed by atoms with Crippen LogP contribution in [0.5, 0.6) is 0 Å². The lowest BCUT2D eigenvalue weighted by atomic mass is 10.1. The van der Waals surface area contributed by atoms with Crippen LogP contribution in [-0.2, 0) is 4.74 Å². The predicted molar refractivity (Wildman–Crippen MR) is 71.8 cm³/mol. The molecular weight excluding hydrogens is 198 g/mol. The standard InChI is InChI=1S/C12H21NO.C2H6/c1-4-5-11(2)10-13-8-6-12(14-3)7-9-13;1-2/h4-5,12H,2,6-10H2,1,3H3;1-2H3/b5-4-;. The van der Waals surface area contributed by atoms with Crippen LogP contribution in [0.1, 0.15) is 33.6 Å². The van der Waals surface area contributed by atoms with E-state index >= 15 is 0 Å². The molecule has 0 atom stereocenters. The molecule has 0 N–H and O–H groups in total. The van der Waals surface area contributed by atoms with Crippen LogP contribution in [-0.4, -0.2) is 37.7 Å². The summed E-state index contributed by atoms with van der Waals surface area (Å²) >= 11 is 0. The van der Waals surface area contributed by atoms with Gasteiger partial charge < -0.3 is 4.74 Å². The summed E-state index contributed by atoms with van der Waals surface area (Å²) in [6.07, 6.45) is 6.91. The van der Waals surface area contributed by atoms with Crippen molar-refractivity contribution in [2.45, 2.75) is 39.7 Å². The molecule has 0 bridgehead atoms. The van der Waals surface area contributed by atoms with Crippen molar-refractivity contribution in [1.29, 1.82) is 0 Å². The Hall–Kier alpha value is -0.600. The lowest BCUT2D eigenvalue weighted by Crippen LogP contribution is -2.37. The second-order valence-electron chi connectivity index (χ2n) is 3.87. The molecule has 0 aliphatic carbocycles. The van der Waals surface area contributed by atoms with Crippen LogP contribution in [0.4, 0.5) is 0 Å². The molecule has 0 radical (unpaired) electrons. The Morgan fingerprint density at radius 1 is 1.38 bits per heavy atom. The molecule has 0 amide bonds. The largest absolute Gasteiger partial charge is 0.381 e. The van der Waals surface area contributed by atoms with E-state index in [0.717, 1.165) is 32.5 Å². The molecule has 0 aromatic rings. The number of hydrogen-bond donors (Lipinski definition) is 0. The molecule has 2 nitrogen and oxygen atoms in total. The first-order valence-corrected chi connectivity index (χ1v) is 6.32. The molecular formula is C14H27NO. The van der Waals surface area contributed by atoms with E-state index in [9.17, 15) is 0 Å². The van der Waals surface area contributed by atoms with Gasteiger partial charge in [-0.3, -0.25) is 4.90 Å². The minimum absolute atomic E-state index is 0.473. The Morgan fingerprint density at radius 2 is 1.94 bits per heavy atom. The van der Waals surface area contributed by atoms with Crippen LogP contribution >= 0.6 is 0 Å². The van der Waals surface area contributed by atoms with Crippen molar-refractivity contribution in [2.24, 2.45) is 0 Å². The number of rotatable bonds is 4. The van der Waals surface area contributed by atoms with Gasteiger partial charge in [0.05, 0.1) is 6.10 Å². The summed E-state index contributed by atoms with van der Waals surface area (Å²) in [5.41, 5.74) is 1.20. The first-order valence-electron chi connectivity index (χ1n) is 6.32. The van der Waals surface area contributed by atoms with Gasteiger partial charge in [0, 0.05) is 26.7 Å². The van der Waals surface area contributed by atoms with E-state index in [1.54, 1.807) is 7.11 Å². The first-order chi connectivity index (χ1) is 7.76. The van der Waals surface area contributed by atoms with Gasteiger partial charge in [-0.2, -0.15) is 0 Å². The van der Waals surface area contributed by atoms with Crippen LogP contribution in [0.15, 0.2) is 24.3 Å². The van der Waals surface area contributed by atoms with Crippen molar-refractivity contribution >= 4 is 0 Å². The van der Waals surface area contributed by atoms with E-state index in [2.05, 4.69) is 17.6 Å². The fraction of sp³-hybridized carbons (Fsp3) is 0.714. The van der Waals surface area contributed by atoms with E-state index in [-0.39, 0.29) is 0 Å². The van der Waals surface area contributed by atoms with Crippen molar-refractivity contribution in [2.75, 3.05) is 26.7 Å². The van der Waals surface area contributed by atoms with Gasteiger partial charge in [-0.15, -0.1) is 0 Å². The fourth-order valence-electron chi connectivity index (χ4n) is 1.88. The zero-order valence-corrected chi connectivity index (χ0v) is 11.3. The highest BCUT2D eigenvalue weighted by Gasteiger charge is 2.18. The number of ether oxygens (including phenoxy) is 1. The third kappa shape index (κ3) is 6.09. The van der Waals surface area contributed by atoms with Crippen LogP contribution in [0.3, 0.4) is 0 Å². The van der Waals surface area contributed by atoms with Crippen molar-refractivity contribution < 1.29 is 4.74 Å². The van der Waals surface area contributed by atoms with Gasteiger partial charge in [0.15, 0.2) is 0 Å². The molecule has 2 heteroatoms. The van der Waals surface area contributed by atoms with Crippen LogP contribution < -0.4 is 0 Å². The van der Waals surface area contributed by atoms with Crippen LogP contribution in [0, 0.1) is 0 Å². The molecule has 0 aromatic carbocycles. The molecule has 1 heterocycles. The molecule has 0 aromatic heterocycles. The maximum atomic E-state index is 5.33. The zero-order valence-electron chi connectivity index (χ0n) is 11.3. The Kier molecular flexibility index (Phi) is 9.25. The molecule has 1 fully saturated rings. The second-order valence-corrected chi connectivity index (χ2v) is 3.87. The molecule has 94 valence electrons. The molecule has 1 aliphatic rings. The summed E-state index contributed by atoms with van der Waals surface area (Å²) in [6, 6.07) is 0. The highest BCUT2D eigenvalue weighted by atomic mass is 16.5. The van der Waals surface area contributed by atoms with Crippen molar-refractivity contribution in [3.63, 3.8) is 0 Å². The SMILES string of the molecule is C=C(/C=C\C)CN1CCC(OC)CC1.CC. The minimum atomic E-state index is 0.473.